The average Bonchev–Trinajstić information content (AvgIpc) is 2.08. The summed E-state index contributed by atoms with van der Waals surface area (Å²) in [6, 6.07) is 0. The molecule has 14 heavy (non-hydrogen) atoms. The molecule has 0 heterocycles. The Balaban J connectivity index is 3.22. The second-order valence-corrected chi connectivity index (χ2v) is 10.8. The van der Waals surface area contributed by atoms with Gasteiger partial charge < -0.3 is 0 Å². The second kappa shape index (κ2) is 9.51. The van der Waals surface area contributed by atoms with E-state index in [-0.39, 0.29) is 0 Å². The van der Waals surface area contributed by atoms with Crippen LogP contribution < -0.4 is 0 Å². The minimum absolute atomic E-state index is 0.328. The lowest BCUT2D eigenvalue weighted by molar-refractivity contribution is 0.675. The highest BCUT2D eigenvalue weighted by atomic mass is 31.1. The second-order valence-electron chi connectivity index (χ2n) is 4.65. The molecule has 2 atom stereocenters. The summed E-state index contributed by atoms with van der Waals surface area (Å²) >= 11 is 0. The maximum Gasteiger partial charge on any atom is -0.0261 e. The Morgan fingerprint density at radius 3 is 1.93 bits per heavy atom. The summed E-state index contributed by atoms with van der Waals surface area (Å²) in [5.74, 6) is 0. The zero-order valence-electron chi connectivity index (χ0n) is 10.3. The van der Waals surface area contributed by atoms with Crippen LogP contribution in [0.1, 0.15) is 25.7 Å². The number of hydrogen-bond acceptors (Lipinski definition) is 0. The van der Waals surface area contributed by atoms with Gasteiger partial charge in [-0.1, -0.05) is 6.42 Å². The van der Waals surface area contributed by atoms with Crippen molar-refractivity contribution >= 4 is 25.1 Å². The molecule has 0 aliphatic carbocycles. The summed E-state index contributed by atoms with van der Waals surface area (Å²) in [7, 11) is 3.71. The van der Waals surface area contributed by atoms with Gasteiger partial charge in [0, 0.05) is 0 Å². The predicted molar refractivity (Wildman–Crippen MR) is 79.2 cm³/mol. The highest BCUT2D eigenvalue weighted by molar-refractivity contribution is 7.56. The molecule has 0 aliphatic rings. The molecule has 3 heteroatoms. The fourth-order valence-corrected chi connectivity index (χ4v) is 3.79. The molecule has 86 valence electrons. The highest BCUT2D eigenvalue weighted by Crippen LogP contribution is 2.29. The van der Waals surface area contributed by atoms with Crippen molar-refractivity contribution in [3.8, 4) is 0 Å². The van der Waals surface area contributed by atoms with Gasteiger partial charge in [0.05, 0.1) is 0 Å². The van der Waals surface area contributed by atoms with E-state index in [0.29, 0.717) is 15.8 Å². The predicted octanol–water partition coefficient (Wildman–Crippen LogP) is 4.27. The molecule has 0 aromatic rings. The molecule has 0 N–H and O–H groups in total. The minimum Gasteiger partial charge on any atom is -0.134 e. The quantitative estimate of drug-likeness (QED) is 0.447. The zero-order chi connectivity index (χ0) is 11.0. The molecule has 0 bridgehead atoms. The minimum atomic E-state index is 0.328. The van der Waals surface area contributed by atoms with E-state index < -0.39 is 0 Å². The van der Waals surface area contributed by atoms with Crippen molar-refractivity contribution < 1.29 is 0 Å². The Morgan fingerprint density at radius 1 is 0.857 bits per heavy atom. The molecule has 0 aromatic heterocycles. The van der Waals surface area contributed by atoms with Gasteiger partial charge in [-0.15, -0.1) is 25.1 Å². The standard InChI is InChI=1S/C11H27P3/c1-13(2)9-6-5-7-11(12)8-10-14(3)4/h11H,5-10,12H2,1-4H3. The molecule has 0 saturated heterocycles. The SMILES string of the molecule is CP(C)CCCCC(P)CCP(C)C. The van der Waals surface area contributed by atoms with E-state index in [0.717, 1.165) is 5.66 Å². The van der Waals surface area contributed by atoms with Crippen molar-refractivity contribution in [1.82, 2.24) is 0 Å². The van der Waals surface area contributed by atoms with Crippen molar-refractivity contribution in [2.45, 2.75) is 31.3 Å². The topological polar surface area (TPSA) is 0 Å². The lowest BCUT2D eigenvalue weighted by atomic mass is 10.1. The van der Waals surface area contributed by atoms with Gasteiger partial charge in [-0.05, 0) is 63.9 Å². The van der Waals surface area contributed by atoms with Crippen LogP contribution in [0.5, 0.6) is 0 Å². The van der Waals surface area contributed by atoms with Gasteiger partial charge in [0.25, 0.3) is 0 Å². The van der Waals surface area contributed by atoms with Crippen molar-refractivity contribution in [3.63, 3.8) is 0 Å². The molecule has 0 fully saturated rings. The van der Waals surface area contributed by atoms with Gasteiger partial charge in [0.2, 0.25) is 0 Å². The smallest absolute Gasteiger partial charge is 0.0261 e. The Morgan fingerprint density at radius 2 is 1.43 bits per heavy atom. The Kier molecular flexibility index (Phi) is 10.4. The van der Waals surface area contributed by atoms with E-state index in [4.69, 9.17) is 0 Å². The van der Waals surface area contributed by atoms with E-state index in [1.54, 1.807) is 0 Å². The van der Waals surface area contributed by atoms with Crippen LogP contribution in [0.3, 0.4) is 0 Å². The first kappa shape index (κ1) is 15.3. The van der Waals surface area contributed by atoms with Gasteiger partial charge in [0.15, 0.2) is 0 Å². The van der Waals surface area contributed by atoms with E-state index in [2.05, 4.69) is 35.9 Å². The molecule has 0 aliphatic heterocycles. The molecule has 0 spiro atoms. The van der Waals surface area contributed by atoms with Crippen molar-refractivity contribution in [2.24, 2.45) is 0 Å². The van der Waals surface area contributed by atoms with Crippen LogP contribution in [0.15, 0.2) is 0 Å². The molecule has 0 nitrogen and oxygen atoms in total. The van der Waals surface area contributed by atoms with Gasteiger partial charge in [-0.3, -0.25) is 0 Å². The number of rotatable bonds is 8. The van der Waals surface area contributed by atoms with Crippen LogP contribution in [0.2, 0.25) is 0 Å². The van der Waals surface area contributed by atoms with E-state index in [1.165, 1.54) is 38.0 Å². The van der Waals surface area contributed by atoms with Gasteiger partial charge >= 0.3 is 0 Å². The molecular formula is C11H27P3. The summed E-state index contributed by atoms with van der Waals surface area (Å²) in [4.78, 5) is 0. The monoisotopic (exact) mass is 252 g/mol. The third kappa shape index (κ3) is 11.4. The van der Waals surface area contributed by atoms with Crippen molar-refractivity contribution in [3.05, 3.63) is 0 Å². The lowest BCUT2D eigenvalue weighted by Crippen LogP contribution is -2.00. The maximum absolute atomic E-state index is 3.03. The van der Waals surface area contributed by atoms with Crippen molar-refractivity contribution in [2.75, 3.05) is 39.0 Å². The molecule has 0 saturated carbocycles. The van der Waals surface area contributed by atoms with Crippen LogP contribution in [0.25, 0.3) is 0 Å². The molecule has 2 unspecified atom stereocenters. The highest BCUT2D eigenvalue weighted by Gasteiger charge is 2.03. The molecule has 0 radical (unpaired) electrons. The molecule has 0 amide bonds. The first-order valence-electron chi connectivity index (χ1n) is 5.57. The van der Waals surface area contributed by atoms with Crippen LogP contribution in [-0.2, 0) is 0 Å². The summed E-state index contributed by atoms with van der Waals surface area (Å²) < 4.78 is 0. The zero-order valence-corrected chi connectivity index (χ0v) is 13.2. The normalized spacial score (nSPS) is 13.9. The molecule has 0 aromatic carbocycles. The largest absolute Gasteiger partial charge is 0.134 e. The van der Waals surface area contributed by atoms with Crippen LogP contribution in [-0.4, -0.2) is 44.6 Å². The van der Waals surface area contributed by atoms with E-state index in [1.807, 2.05) is 0 Å². The van der Waals surface area contributed by atoms with Gasteiger partial charge in [0.1, 0.15) is 0 Å². The maximum atomic E-state index is 3.03. The van der Waals surface area contributed by atoms with Crippen molar-refractivity contribution in [1.29, 1.82) is 0 Å². The third-order valence-electron chi connectivity index (χ3n) is 2.38. The fraction of sp³-hybridized carbons (Fsp3) is 1.00. The van der Waals surface area contributed by atoms with Crippen LogP contribution in [0, 0.1) is 0 Å². The van der Waals surface area contributed by atoms with Crippen LogP contribution >= 0.6 is 25.1 Å². The summed E-state index contributed by atoms with van der Waals surface area (Å²) in [6.07, 6.45) is 8.68. The van der Waals surface area contributed by atoms with E-state index in [9.17, 15) is 0 Å². The first-order valence-corrected chi connectivity index (χ1v) is 11.1. The number of hydrogen-bond donors (Lipinski definition) is 0. The van der Waals surface area contributed by atoms with E-state index >= 15 is 0 Å². The Hall–Kier alpha value is 1.29. The summed E-state index contributed by atoms with van der Waals surface area (Å²) in [5.41, 5.74) is 0.889. The van der Waals surface area contributed by atoms with Gasteiger partial charge in [-0.2, -0.15) is 0 Å². The summed E-state index contributed by atoms with van der Waals surface area (Å²) in [6.45, 7) is 9.53. The number of unbranched alkanes of at least 4 members (excludes halogenated alkanes) is 1. The first-order chi connectivity index (χ1) is 6.52. The fourth-order valence-electron chi connectivity index (χ4n) is 1.40. The van der Waals surface area contributed by atoms with Crippen LogP contribution in [0.4, 0.5) is 0 Å². The molecular weight excluding hydrogens is 225 g/mol. The Labute approximate surface area is 95.7 Å². The Bertz CT molecular complexity index is 124. The third-order valence-corrected chi connectivity index (χ3v) is 5.41. The molecule has 0 rings (SSSR count). The average molecular weight is 252 g/mol. The summed E-state index contributed by atoms with van der Waals surface area (Å²) in [5, 5.41) is 0. The lowest BCUT2D eigenvalue weighted by Gasteiger charge is -2.13. The van der Waals surface area contributed by atoms with Gasteiger partial charge in [-0.25, -0.2) is 0 Å².